The summed E-state index contributed by atoms with van der Waals surface area (Å²) in [7, 11) is 0. The van der Waals surface area contributed by atoms with E-state index in [4.69, 9.17) is 4.74 Å². The summed E-state index contributed by atoms with van der Waals surface area (Å²) < 4.78 is 18.3. The topological polar surface area (TPSA) is 38.3 Å². The van der Waals surface area contributed by atoms with Crippen LogP contribution in [0, 0.1) is 5.82 Å². The van der Waals surface area contributed by atoms with Crippen LogP contribution in [-0.4, -0.2) is 12.5 Å². The highest BCUT2D eigenvalue weighted by Gasteiger charge is 2.18. The number of alkyl halides is 1. The average molecular weight is 260 g/mol. The maximum Gasteiger partial charge on any atom is 0.262 e. The van der Waals surface area contributed by atoms with Crippen LogP contribution in [0.15, 0.2) is 12.1 Å². The minimum absolute atomic E-state index is 0.0555. The molecular weight excluding hydrogens is 253 g/mol. The Morgan fingerprint density at radius 2 is 2.36 bits per heavy atom. The highest BCUT2D eigenvalue weighted by molar-refractivity contribution is 9.08. The molecule has 0 saturated heterocycles. The van der Waals surface area contributed by atoms with Crippen LogP contribution in [0.3, 0.4) is 0 Å². The molecule has 1 amide bonds. The summed E-state index contributed by atoms with van der Waals surface area (Å²) in [5.74, 6) is -0.173. The molecule has 0 radical (unpaired) electrons. The second-order valence-corrected chi connectivity index (χ2v) is 3.47. The monoisotopic (exact) mass is 259 g/mol. The first-order valence-corrected chi connectivity index (χ1v) is 5.14. The van der Waals surface area contributed by atoms with E-state index in [2.05, 4.69) is 21.2 Å². The minimum Gasteiger partial charge on any atom is -0.481 e. The van der Waals surface area contributed by atoms with Crippen molar-refractivity contribution in [2.24, 2.45) is 0 Å². The zero-order chi connectivity index (χ0) is 10.1. The maximum absolute atomic E-state index is 13.3. The third-order valence-corrected chi connectivity index (χ3v) is 2.53. The summed E-state index contributed by atoms with van der Waals surface area (Å²) >= 11 is 3.16. The Hall–Kier alpha value is -1.10. The molecule has 0 aliphatic carbocycles. The summed E-state index contributed by atoms with van der Waals surface area (Å²) in [4.78, 5) is 11.0. The molecule has 3 nitrogen and oxygen atoms in total. The van der Waals surface area contributed by atoms with Gasteiger partial charge >= 0.3 is 0 Å². The summed E-state index contributed by atoms with van der Waals surface area (Å²) in [6.07, 6.45) is 0. The van der Waals surface area contributed by atoms with Crippen LogP contribution in [0.25, 0.3) is 0 Å². The van der Waals surface area contributed by atoms with Crippen LogP contribution in [0.5, 0.6) is 5.75 Å². The van der Waals surface area contributed by atoms with Gasteiger partial charge in [0.15, 0.2) is 6.61 Å². The number of anilines is 1. The number of nitrogens with one attached hydrogen (secondary N) is 1. The van der Waals surface area contributed by atoms with Crippen LogP contribution in [0.2, 0.25) is 0 Å². The lowest BCUT2D eigenvalue weighted by Crippen LogP contribution is -2.25. The molecule has 5 heteroatoms. The van der Waals surface area contributed by atoms with Gasteiger partial charge in [0.2, 0.25) is 0 Å². The van der Waals surface area contributed by atoms with Crippen molar-refractivity contribution in [3.63, 3.8) is 0 Å². The molecule has 14 heavy (non-hydrogen) atoms. The van der Waals surface area contributed by atoms with E-state index in [1.807, 2.05) is 0 Å². The van der Waals surface area contributed by atoms with Crippen LogP contribution in [0.1, 0.15) is 5.56 Å². The number of amides is 1. The van der Waals surface area contributed by atoms with Crippen LogP contribution < -0.4 is 10.1 Å². The molecule has 2 rings (SSSR count). The van der Waals surface area contributed by atoms with Crippen molar-refractivity contribution in [2.45, 2.75) is 5.33 Å². The molecule has 0 atom stereocenters. The van der Waals surface area contributed by atoms with E-state index in [0.29, 0.717) is 22.3 Å². The van der Waals surface area contributed by atoms with Crippen molar-refractivity contribution in [3.8, 4) is 5.75 Å². The fraction of sp³-hybridized carbons (Fsp3) is 0.222. The third kappa shape index (κ3) is 1.59. The summed E-state index contributed by atoms with van der Waals surface area (Å²) in [5.41, 5.74) is 1.02. The second kappa shape index (κ2) is 3.57. The Balaban J connectivity index is 2.46. The lowest BCUT2D eigenvalue weighted by molar-refractivity contribution is -0.118. The van der Waals surface area contributed by atoms with E-state index in [1.165, 1.54) is 6.07 Å². The van der Waals surface area contributed by atoms with Crippen molar-refractivity contribution in [2.75, 3.05) is 11.9 Å². The van der Waals surface area contributed by atoms with Crippen molar-refractivity contribution in [1.29, 1.82) is 0 Å². The van der Waals surface area contributed by atoms with Gasteiger partial charge in [-0.1, -0.05) is 15.9 Å². The Kier molecular flexibility index (Phi) is 2.41. The Labute approximate surface area is 88.4 Å². The fourth-order valence-corrected chi connectivity index (χ4v) is 1.68. The molecule has 1 aromatic carbocycles. The molecule has 1 aromatic rings. The van der Waals surface area contributed by atoms with Gasteiger partial charge in [-0.25, -0.2) is 4.39 Å². The third-order valence-electron chi connectivity index (χ3n) is 1.93. The van der Waals surface area contributed by atoms with Gasteiger partial charge in [0.05, 0.1) is 5.69 Å². The lowest BCUT2D eigenvalue weighted by Gasteiger charge is -2.18. The standard InChI is InChI=1S/C9H7BrFNO2/c10-3-5-1-7-8(2-6(5)11)14-4-9(13)12-7/h1-2H,3-4H2,(H,12,13). The molecule has 74 valence electrons. The van der Waals surface area contributed by atoms with Crippen LogP contribution in [0.4, 0.5) is 10.1 Å². The molecule has 0 fully saturated rings. The van der Waals surface area contributed by atoms with Crippen LogP contribution >= 0.6 is 15.9 Å². The molecule has 0 unspecified atom stereocenters. The van der Waals surface area contributed by atoms with Crippen molar-refractivity contribution < 1.29 is 13.9 Å². The Morgan fingerprint density at radius 1 is 1.57 bits per heavy atom. The summed E-state index contributed by atoms with van der Waals surface area (Å²) in [6.45, 7) is -0.0555. The largest absolute Gasteiger partial charge is 0.481 e. The van der Waals surface area contributed by atoms with Gasteiger partial charge < -0.3 is 10.1 Å². The van der Waals surface area contributed by atoms with E-state index in [9.17, 15) is 9.18 Å². The summed E-state index contributed by atoms with van der Waals surface area (Å²) in [6, 6.07) is 2.85. The maximum atomic E-state index is 13.3. The summed E-state index contributed by atoms with van der Waals surface area (Å²) in [5, 5.41) is 3.02. The van der Waals surface area contributed by atoms with Gasteiger partial charge in [-0.05, 0) is 6.07 Å². The van der Waals surface area contributed by atoms with Gasteiger partial charge in [-0.3, -0.25) is 4.79 Å². The molecule has 1 heterocycles. The van der Waals surface area contributed by atoms with E-state index in [1.54, 1.807) is 6.07 Å². The number of rotatable bonds is 1. The highest BCUT2D eigenvalue weighted by Crippen LogP contribution is 2.31. The molecule has 1 N–H and O–H groups in total. The molecule has 0 bridgehead atoms. The Bertz CT molecular complexity index is 395. The number of benzene rings is 1. The molecule has 1 aliphatic rings. The number of hydrogen-bond acceptors (Lipinski definition) is 2. The van der Waals surface area contributed by atoms with Crippen LogP contribution in [-0.2, 0) is 10.1 Å². The number of ether oxygens (including phenoxy) is 1. The number of hydrogen-bond donors (Lipinski definition) is 1. The zero-order valence-electron chi connectivity index (χ0n) is 7.14. The SMILES string of the molecule is O=C1COc2cc(F)c(CBr)cc2N1. The average Bonchev–Trinajstić information content (AvgIpc) is 2.17. The van der Waals surface area contributed by atoms with Gasteiger partial charge in [-0.2, -0.15) is 0 Å². The normalized spacial score (nSPS) is 14.3. The van der Waals surface area contributed by atoms with E-state index >= 15 is 0 Å². The van der Waals surface area contributed by atoms with Crippen molar-refractivity contribution >= 4 is 27.5 Å². The van der Waals surface area contributed by atoms with Crippen molar-refractivity contribution in [3.05, 3.63) is 23.5 Å². The zero-order valence-corrected chi connectivity index (χ0v) is 8.73. The number of halogens is 2. The first kappa shape index (κ1) is 9.45. The molecule has 0 saturated carbocycles. The number of carbonyl (C=O) groups is 1. The first-order chi connectivity index (χ1) is 6.70. The molecule has 0 spiro atoms. The Morgan fingerprint density at radius 3 is 3.07 bits per heavy atom. The molecule has 0 aromatic heterocycles. The van der Waals surface area contributed by atoms with E-state index < -0.39 is 0 Å². The smallest absolute Gasteiger partial charge is 0.262 e. The molecular formula is C9H7BrFNO2. The predicted octanol–water partition coefficient (Wildman–Crippen LogP) is 2.05. The number of carbonyl (C=O) groups excluding carboxylic acids is 1. The van der Waals surface area contributed by atoms with Gasteiger partial charge in [0.1, 0.15) is 11.6 Å². The van der Waals surface area contributed by atoms with E-state index in [-0.39, 0.29) is 18.3 Å². The highest BCUT2D eigenvalue weighted by atomic mass is 79.9. The quantitative estimate of drug-likeness (QED) is 0.785. The fourth-order valence-electron chi connectivity index (χ4n) is 1.25. The van der Waals surface area contributed by atoms with E-state index in [0.717, 1.165) is 0 Å². The second-order valence-electron chi connectivity index (χ2n) is 2.91. The van der Waals surface area contributed by atoms with Crippen molar-refractivity contribution in [1.82, 2.24) is 0 Å². The van der Waals surface area contributed by atoms with Gasteiger partial charge in [-0.15, -0.1) is 0 Å². The predicted molar refractivity (Wildman–Crippen MR) is 53.2 cm³/mol. The van der Waals surface area contributed by atoms with Gasteiger partial charge in [0.25, 0.3) is 5.91 Å². The van der Waals surface area contributed by atoms with Gasteiger partial charge in [0, 0.05) is 17.0 Å². The number of fused-ring (bicyclic) bond motifs is 1. The molecule has 1 aliphatic heterocycles. The minimum atomic E-state index is -0.336. The first-order valence-electron chi connectivity index (χ1n) is 4.01. The lowest BCUT2D eigenvalue weighted by atomic mass is 10.2.